The Kier molecular flexibility index (Phi) is 3.99. The van der Waals surface area contributed by atoms with E-state index in [2.05, 4.69) is 4.90 Å². The fourth-order valence-electron chi connectivity index (χ4n) is 2.77. The molecule has 110 valence electrons. The molecule has 1 saturated carbocycles. The van der Waals surface area contributed by atoms with Crippen molar-refractivity contribution in [3.05, 3.63) is 29.6 Å². The van der Waals surface area contributed by atoms with Gasteiger partial charge in [-0.05, 0) is 45.5 Å². The van der Waals surface area contributed by atoms with Crippen LogP contribution in [0.1, 0.15) is 29.6 Å². The molecule has 0 bridgehead atoms. The SMILES string of the molecule is CN(CC1(N(C)C)CCC1)C(=O)c1cccc(F)c1N. The summed E-state index contributed by atoms with van der Waals surface area (Å²) in [7, 11) is 5.82. The van der Waals surface area contributed by atoms with Crippen molar-refractivity contribution in [3.63, 3.8) is 0 Å². The first-order valence-corrected chi connectivity index (χ1v) is 6.84. The van der Waals surface area contributed by atoms with Gasteiger partial charge in [0.15, 0.2) is 0 Å². The van der Waals surface area contributed by atoms with Crippen molar-refractivity contribution in [1.29, 1.82) is 0 Å². The number of rotatable bonds is 4. The summed E-state index contributed by atoms with van der Waals surface area (Å²) in [5.41, 5.74) is 5.87. The maximum Gasteiger partial charge on any atom is 0.255 e. The lowest BCUT2D eigenvalue weighted by Crippen LogP contribution is -2.57. The van der Waals surface area contributed by atoms with Crippen molar-refractivity contribution in [1.82, 2.24) is 9.80 Å². The first-order chi connectivity index (χ1) is 9.37. The van der Waals surface area contributed by atoms with Crippen molar-refractivity contribution >= 4 is 11.6 Å². The van der Waals surface area contributed by atoms with Crippen molar-refractivity contribution in [2.45, 2.75) is 24.8 Å². The lowest BCUT2D eigenvalue weighted by atomic mass is 9.75. The minimum Gasteiger partial charge on any atom is -0.396 e. The van der Waals surface area contributed by atoms with Crippen LogP contribution in [0.4, 0.5) is 10.1 Å². The third-order valence-electron chi connectivity index (χ3n) is 4.39. The van der Waals surface area contributed by atoms with Crippen LogP contribution in [0.25, 0.3) is 0 Å². The average molecular weight is 279 g/mol. The van der Waals surface area contributed by atoms with Gasteiger partial charge in [0.25, 0.3) is 5.91 Å². The second kappa shape index (κ2) is 5.40. The normalized spacial score (nSPS) is 16.9. The molecule has 1 aliphatic rings. The number of carbonyl (C=O) groups excluding carboxylic acids is 1. The summed E-state index contributed by atoms with van der Waals surface area (Å²) in [4.78, 5) is 16.2. The number of carbonyl (C=O) groups is 1. The van der Waals surface area contributed by atoms with E-state index in [4.69, 9.17) is 5.73 Å². The van der Waals surface area contributed by atoms with E-state index in [-0.39, 0.29) is 22.7 Å². The van der Waals surface area contributed by atoms with Gasteiger partial charge in [0, 0.05) is 19.1 Å². The lowest BCUT2D eigenvalue weighted by Gasteiger charge is -2.49. The van der Waals surface area contributed by atoms with E-state index in [0.717, 1.165) is 12.8 Å². The highest BCUT2D eigenvalue weighted by Gasteiger charge is 2.40. The highest BCUT2D eigenvalue weighted by Crippen LogP contribution is 2.37. The van der Waals surface area contributed by atoms with E-state index in [1.807, 2.05) is 14.1 Å². The van der Waals surface area contributed by atoms with Crippen LogP contribution in [0.2, 0.25) is 0 Å². The molecule has 0 spiro atoms. The second-order valence-electron chi connectivity index (χ2n) is 5.83. The fourth-order valence-corrected chi connectivity index (χ4v) is 2.77. The van der Waals surface area contributed by atoms with Crippen LogP contribution < -0.4 is 5.73 Å². The molecule has 0 radical (unpaired) electrons. The van der Waals surface area contributed by atoms with E-state index in [1.54, 1.807) is 18.0 Å². The molecular formula is C15H22FN3O. The molecule has 1 aromatic rings. The zero-order valence-electron chi connectivity index (χ0n) is 12.3. The quantitative estimate of drug-likeness (QED) is 0.857. The van der Waals surface area contributed by atoms with E-state index in [9.17, 15) is 9.18 Å². The van der Waals surface area contributed by atoms with E-state index < -0.39 is 5.82 Å². The monoisotopic (exact) mass is 279 g/mol. The lowest BCUT2D eigenvalue weighted by molar-refractivity contribution is 0.0253. The van der Waals surface area contributed by atoms with Gasteiger partial charge < -0.3 is 15.5 Å². The van der Waals surface area contributed by atoms with Crippen LogP contribution in [0.15, 0.2) is 18.2 Å². The van der Waals surface area contributed by atoms with Gasteiger partial charge in [-0.15, -0.1) is 0 Å². The molecular weight excluding hydrogens is 257 g/mol. The maximum absolute atomic E-state index is 13.4. The first-order valence-electron chi connectivity index (χ1n) is 6.84. The number of nitrogens with two attached hydrogens (primary N) is 1. The number of nitrogen functional groups attached to an aromatic ring is 1. The Morgan fingerprint density at radius 1 is 1.35 bits per heavy atom. The zero-order chi connectivity index (χ0) is 14.9. The summed E-state index contributed by atoms with van der Waals surface area (Å²) < 4.78 is 13.4. The van der Waals surface area contributed by atoms with Gasteiger partial charge in [0.05, 0.1) is 11.3 Å². The third-order valence-corrected chi connectivity index (χ3v) is 4.39. The van der Waals surface area contributed by atoms with Gasteiger partial charge in [0.2, 0.25) is 0 Å². The third kappa shape index (κ3) is 2.50. The Morgan fingerprint density at radius 3 is 2.50 bits per heavy atom. The van der Waals surface area contributed by atoms with Crippen LogP contribution in [0.3, 0.4) is 0 Å². The van der Waals surface area contributed by atoms with Crippen LogP contribution in [0.5, 0.6) is 0 Å². The van der Waals surface area contributed by atoms with Gasteiger partial charge in [-0.25, -0.2) is 4.39 Å². The largest absolute Gasteiger partial charge is 0.396 e. The van der Waals surface area contributed by atoms with Crippen molar-refractivity contribution in [2.24, 2.45) is 0 Å². The second-order valence-corrected chi connectivity index (χ2v) is 5.83. The number of halogens is 1. The smallest absolute Gasteiger partial charge is 0.255 e. The van der Waals surface area contributed by atoms with Crippen LogP contribution >= 0.6 is 0 Å². The minimum atomic E-state index is -0.546. The molecule has 2 N–H and O–H groups in total. The number of para-hydroxylation sites is 1. The number of benzene rings is 1. The Bertz CT molecular complexity index is 512. The van der Waals surface area contributed by atoms with E-state index in [1.165, 1.54) is 18.6 Å². The molecule has 0 atom stereocenters. The Balaban J connectivity index is 2.15. The van der Waals surface area contributed by atoms with Gasteiger partial charge in [-0.3, -0.25) is 4.79 Å². The number of likely N-dealkylation sites (N-methyl/N-ethyl adjacent to an activating group) is 2. The summed E-state index contributed by atoms with van der Waals surface area (Å²) in [5, 5.41) is 0. The number of amides is 1. The molecule has 1 amide bonds. The molecule has 20 heavy (non-hydrogen) atoms. The van der Waals surface area contributed by atoms with Gasteiger partial charge in [-0.1, -0.05) is 6.07 Å². The molecule has 2 rings (SSSR count). The zero-order valence-corrected chi connectivity index (χ0v) is 12.3. The molecule has 0 unspecified atom stereocenters. The van der Waals surface area contributed by atoms with E-state index in [0.29, 0.717) is 6.54 Å². The molecule has 1 aliphatic carbocycles. The standard InChI is InChI=1S/C15H22FN3O/c1-18(2)15(8-5-9-15)10-19(3)14(20)11-6-4-7-12(16)13(11)17/h4,6-7H,5,8-10,17H2,1-3H3. The Morgan fingerprint density at radius 2 is 2.00 bits per heavy atom. The maximum atomic E-state index is 13.4. The molecule has 1 aromatic carbocycles. The summed E-state index contributed by atoms with van der Waals surface area (Å²) in [5.74, 6) is -0.773. The summed E-state index contributed by atoms with van der Waals surface area (Å²) in [6.07, 6.45) is 3.34. The highest BCUT2D eigenvalue weighted by atomic mass is 19.1. The predicted molar refractivity (Wildman–Crippen MR) is 78.0 cm³/mol. The molecule has 0 saturated heterocycles. The molecule has 0 heterocycles. The molecule has 0 aliphatic heterocycles. The van der Waals surface area contributed by atoms with Crippen molar-refractivity contribution in [3.8, 4) is 0 Å². The topological polar surface area (TPSA) is 49.6 Å². The number of hydrogen-bond acceptors (Lipinski definition) is 3. The molecule has 0 aromatic heterocycles. The molecule has 4 nitrogen and oxygen atoms in total. The number of nitrogens with zero attached hydrogens (tertiary/aromatic N) is 2. The number of hydrogen-bond donors (Lipinski definition) is 1. The van der Waals surface area contributed by atoms with Crippen molar-refractivity contribution < 1.29 is 9.18 Å². The molecule has 1 fully saturated rings. The van der Waals surface area contributed by atoms with Crippen LogP contribution in [-0.4, -0.2) is 48.9 Å². The fraction of sp³-hybridized carbons (Fsp3) is 0.533. The van der Waals surface area contributed by atoms with E-state index >= 15 is 0 Å². The Labute approximate surface area is 119 Å². The minimum absolute atomic E-state index is 0.0481. The Hall–Kier alpha value is -1.62. The summed E-state index contributed by atoms with van der Waals surface area (Å²) >= 11 is 0. The first kappa shape index (κ1) is 14.8. The molecule has 5 heteroatoms. The van der Waals surface area contributed by atoms with Gasteiger partial charge >= 0.3 is 0 Å². The number of anilines is 1. The highest BCUT2D eigenvalue weighted by molar-refractivity contribution is 5.99. The summed E-state index contributed by atoms with van der Waals surface area (Å²) in [6, 6.07) is 4.34. The summed E-state index contributed by atoms with van der Waals surface area (Å²) in [6.45, 7) is 0.634. The van der Waals surface area contributed by atoms with Gasteiger partial charge in [-0.2, -0.15) is 0 Å². The average Bonchev–Trinajstić information content (AvgIpc) is 2.35. The predicted octanol–water partition coefficient (Wildman–Crippen LogP) is 1.96. The van der Waals surface area contributed by atoms with Gasteiger partial charge in [0.1, 0.15) is 5.82 Å². The van der Waals surface area contributed by atoms with Crippen LogP contribution in [-0.2, 0) is 0 Å². The van der Waals surface area contributed by atoms with Crippen LogP contribution in [0, 0.1) is 5.82 Å². The van der Waals surface area contributed by atoms with Crippen molar-refractivity contribution in [2.75, 3.05) is 33.4 Å².